The van der Waals surface area contributed by atoms with Crippen LogP contribution in [-0.4, -0.2) is 34.4 Å². The smallest absolute Gasteiger partial charge is 0.259 e. The lowest BCUT2D eigenvalue weighted by atomic mass is 10.1. The molecule has 1 aromatic heterocycles. The molecule has 0 atom stereocenters. The summed E-state index contributed by atoms with van der Waals surface area (Å²) in [5.41, 5.74) is 8.18. The topological polar surface area (TPSA) is 97.6 Å². The number of ether oxygens (including phenoxy) is 1. The van der Waals surface area contributed by atoms with Gasteiger partial charge < -0.3 is 10.1 Å². The van der Waals surface area contributed by atoms with Gasteiger partial charge in [0.05, 0.1) is 18.4 Å². The van der Waals surface area contributed by atoms with Crippen molar-refractivity contribution in [2.75, 3.05) is 6.54 Å². The van der Waals surface area contributed by atoms with E-state index < -0.39 is 5.91 Å². The maximum absolute atomic E-state index is 12.3. The number of para-hydroxylation sites is 1. The number of nitrogens with zero attached hydrogens (tertiary/aromatic N) is 3. The van der Waals surface area contributed by atoms with E-state index in [1.807, 2.05) is 104 Å². The zero-order valence-electron chi connectivity index (χ0n) is 22.5. The number of carbonyl (C=O) groups is 2. The van der Waals surface area contributed by atoms with Gasteiger partial charge in [0, 0.05) is 22.9 Å². The first-order chi connectivity index (χ1) is 20.0. The molecule has 0 unspecified atom stereocenters. The molecule has 4 aromatic carbocycles. The first-order valence-electron chi connectivity index (χ1n) is 13.1. The number of aromatic nitrogens is 2. The number of hydrogen-bond acceptors (Lipinski definition) is 5. The van der Waals surface area contributed by atoms with Gasteiger partial charge in [0.15, 0.2) is 0 Å². The maximum atomic E-state index is 12.3. The van der Waals surface area contributed by atoms with Crippen LogP contribution in [0.15, 0.2) is 120 Å². The highest BCUT2D eigenvalue weighted by molar-refractivity contribution is 5.96. The molecule has 204 valence electrons. The second kappa shape index (κ2) is 13.0. The van der Waals surface area contributed by atoms with Crippen LogP contribution in [0.3, 0.4) is 0 Å². The third-order valence-corrected chi connectivity index (χ3v) is 6.22. The highest BCUT2D eigenvalue weighted by Gasteiger charge is 2.12. The van der Waals surface area contributed by atoms with Gasteiger partial charge in [0.25, 0.3) is 11.8 Å². The number of nitrogens with one attached hydrogen (secondary N) is 2. The lowest BCUT2D eigenvalue weighted by molar-refractivity contribution is -0.120. The summed E-state index contributed by atoms with van der Waals surface area (Å²) in [6.45, 7) is 2.18. The predicted octanol–water partition coefficient (Wildman–Crippen LogP) is 5.31. The van der Waals surface area contributed by atoms with E-state index in [4.69, 9.17) is 9.84 Å². The average Bonchev–Trinajstić information content (AvgIpc) is 3.44. The minimum atomic E-state index is -0.445. The highest BCUT2D eigenvalue weighted by atomic mass is 16.5. The molecule has 5 aromatic rings. The van der Waals surface area contributed by atoms with Gasteiger partial charge >= 0.3 is 0 Å². The number of aryl methyl sites for hydroxylation is 1. The van der Waals surface area contributed by atoms with E-state index in [2.05, 4.69) is 15.8 Å². The van der Waals surface area contributed by atoms with E-state index in [1.54, 1.807) is 29.1 Å². The number of carbonyl (C=O) groups excluding carboxylic acids is 2. The predicted molar refractivity (Wildman–Crippen MR) is 159 cm³/mol. The molecule has 0 spiro atoms. The minimum Gasteiger partial charge on any atom is -0.489 e. The molecule has 0 bridgehead atoms. The van der Waals surface area contributed by atoms with Crippen LogP contribution >= 0.6 is 0 Å². The molecule has 5 rings (SSSR count). The van der Waals surface area contributed by atoms with Crippen molar-refractivity contribution in [1.29, 1.82) is 0 Å². The Balaban J connectivity index is 1.27. The molecule has 0 aliphatic carbocycles. The number of amides is 2. The fourth-order valence-electron chi connectivity index (χ4n) is 4.13. The standard InChI is InChI=1S/C33H29N5O3/c1-24-9-8-12-27(19-24)33(40)34-21-31(39)36-35-20-28-22-38(29-13-6-3-7-14-29)37-32(28)26-15-17-30(18-16-26)41-23-25-10-4-2-5-11-25/h2-20,22H,21,23H2,1H3,(H,34,40)(H,36,39)/b35-20-. The summed E-state index contributed by atoms with van der Waals surface area (Å²) < 4.78 is 7.69. The third-order valence-electron chi connectivity index (χ3n) is 6.22. The van der Waals surface area contributed by atoms with E-state index in [9.17, 15) is 9.59 Å². The molecule has 41 heavy (non-hydrogen) atoms. The second-order valence-corrected chi connectivity index (χ2v) is 9.36. The number of benzene rings is 4. The van der Waals surface area contributed by atoms with Crippen molar-refractivity contribution in [1.82, 2.24) is 20.5 Å². The van der Waals surface area contributed by atoms with Crippen LogP contribution in [0.1, 0.15) is 27.0 Å². The summed E-state index contributed by atoms with van der Waals surface area (Å²) in [7, 11) is 0. The number of hydrazone groups is 1. The van der Waals surface area contributed by atoms with Gasteiger partial charge in [0.2, 0.25) is 0 Å². The van der Waals surface area contributed by atoms with Crippen molar-refractivity contribution in [3.63, 3.8) is 0 Å². The Morgan fingerprint density at radius 2 is 1.63 bits per heavy atom. The summed E-state index contributed by atoms with van der Waals surface area (Å²) in [4.78, 5) is 24.7. The van der Waals surface area contributed by atoms with E-state index in [-0.39, 0.29) is 12.5 Å². The molecule has 2 N–H and O–H groups in total. The van der Waals surface area contributed by atoms with Gasteiger partial charge in [-0.15, -0.1) is 0 Å². The normalized spacial score (nSPS) is 10.9. The molecule has 8 heteroatoms. The first kappa shape index (κ1) is 27.1. The van der Waals surface area contributed by atoms with E-state index in [0.29, 0.717) is 23.4 Å². The van der Waals surface area contributed by atoms with Crippen LogP contribution in [0.5, 0.6) is 5.75 Å². The molecular formula is C33H29N5O3. The van der Waals surface area contributed by atoms with Gasteiger partial charge in [0.1, 0.15) is 18.1 Å². The molecule has 0 saturated carbocycles. The van der Waals surface area contributed by atoms with Crippen molar-refractivity contribution in [2.45, 2.75) is 13.5 Å². The quantitative estimate of drug-likeness (QED) is 0.184. The molecule has 8 nitrogen and oxygen atoms in total. The van der Waals surface area contributed by atoms with Crippen molar-refractivity contribution < 1.29 is 14.3 Å². The van der Waals surface area contributed by atoms with Gasteiger partial charge in [-0.3, -0.25) is 9.59 Å². The van der Waals surface area contributed by atoms with Gasteiger partial charge in [-0.1, -0.05) is 66.2 Å². The molecule has 2 amide bonds. The van der Waals surface area contributed by atoms with Crippen molar-refractivity contribution in [2.24, 2.45) is 5.10 Å². The molecule has 1 heterocycles. The van der Waals surface area contributed by atoms with E-state index in [0.717, 1.165) is 28.1 Å². The summed E-state index contributed by atoms with van der Waals surface area (Å²) in [5.74, 6) is -0.0232. The van der Waals surface area contributed by atoms with Crippen LogP contribution in [-0.2, 0) is 11.4 Å². The lowest BCUT2D eigenvalue weighted by Gasteiger charge is -2.07. The molecule has 0 fully saturated rings. The Labute approximate surface area is 238 Å². The summed E-state index contributed by atoms with van der Waals surface area (Å²) in [6.07, 6.45) is 3.39. The third kappa shape index (κ3) is 7.33. The number of rotatable bonds is 10. The molecule has 0 saturated heterocycles. The largest absolute Gasteiger partial charge is 0.489 e. The van der Waals surface area contributed by atoms with Crippen LogP contribution < -0.4 is 15.5 Å². The van der Waals surface area contributed by atoms with Crippen molar-refractivity contribution in [3.8, 4) is 22.7 Å². The monoisotopic (exact) mass is 543 g/mol. The zero-order chi connectivity index (χ0) is 28.4. The summed E-state index contributed by atoms with van der Waals surface area (Å²) in [6, 6.07) is 34.6. The van der Waals surface area contributed by atoms with Crippen LogP contribution in [0.2, 0.25) is 0 Å². The Morgan fingerprint density at radius 3 is 2.37 bits per heavy atom. The van der Waals surface area contributed by atoms with Crippen molar-refractivity contribution >= 4 is 18.0 Å². The lowest BCUT2D eigenvalue weighted by Crippen LogP contribution is -2.34. The first-order valence-corrected chi connectivity index (χ1v) is 13.1. The molecular weight excluding hydrogens is 514 g/mol. The Morgan fingerprint density at radius 1 is 0.902 bits per heavy atom. The Kier molecular flexibility index (Phi) is 8.61. The van der Waals surface area contributed by atoms with E-state index in [1.165, 1.54) is 0 Å². The fraction of sp³-hybridized carbons (Fsp3) is 0.0909. The van der Waals surface area contributed by atoms with Gasteiger partial charge in [-0.25, -0.2) is 10.1 Å². The Hall–Kier alpha value is -5.50. The maximum Gasteiger partial charge on any atom is 0.259 e. The van der Waals surface area contributed by atoms with Crippen molar-refractivity contribution in [3.05, 3.63) is 138 Å². The van der Waals surface area contributed by atoms with Crippen LogP contribution in [0.4, 0.5) is 0 Å². The minimum absolute atomic E-state index is 0.204. The molecule has 0 aliphatic heterocycles. The molecule has 0 aliphatic rings. The summed E-state index contributed by atoms with van der Waals surface area (Å²) in [5, 5.41) is 11.5. The van der Waals surface area contributed by atoms with Gasteiger partial charge in [-0.2, -0.15) is 10.2 Å². The Bertz CT molecular complexity index is 1650. The number of hydrogen-bond donors (Lipinski definition) is 2. The molecule has 0 radical (unpaired) electrons. The highest BCUT2D eigenvalue weighted by Crippen LogP contribution is 2.25. The average molecular weight is 544 g/mol. The zero-order valence-corrected chi connectivity index (χ0v) is 22.5. The second-order valence-electron chi connectivity index (χ2n) is 9.36. The van der Waals surface area contributed by atoms with Crippen LogP contribution in [0.25, 0.3) is 16.9 Å². The van der Waals surface area contributed by atoms with E-state index >= 15 is 0 Å². The van der Waals surface area contributed by atoms with Crippen LogP contribution in [0, 0.1) is 6.92 Å². The van der Waals surface area contributed by atoms with Gasteiger partial charge in [-0.05, 0) is 61.0 Å². The summed E-state index contributed by atoms with van der Waals surface area (Å²) >= 11 is 0. The SMILES string of the molecule is Cc1cccc(C(=O)NCC(=O)N/N=C\c2cn(-c3ccccc3)nc2-c2ccc(OCc3ccccc3)cc2)c1. The fourth-order valence-corrected chi connectivity index (χ4v) is 4.13.